The third-order valence-corrected chi connectivity index (χ3v) is 5.87. The quantitative estimate of drug-likeness (QED) is 0.474. The van der Waals surface area contributed by atoms with Crippen LogP contribution in [-0.4, -0.2) is 50.3 Å². The molecule has 3 aromatic rings. The molecule has 0 saturated carbocycles. The molecule has 0 fully saturated rings. The first-order valence-corrected chi connectivity index (χ1v) is 10.9. The highest BCUT2D eigenvalue weighted by Gasteiger charge is 2.47. The van der Waals surface area contributed by atoms with Gasteiger partial charge in [0, 0.05) is 24.2 Å². The molecule has 0 unspecified atom stereocenters. The summed E-state index contributed by atoms with van der Waals surface area (Å²) < 4.78 is 63.8. The molecule has 0 aliphatic carbocycles. The zero-order chi connectivity index (χ0) is 26.0. The molecule has 9 nitrogen and oxygen atoms in total. The Bertz CT molecular complexity index is 1260. The molecule has 0 bridgehead atoms. The van der Waals surface area contributed by atoms with E-state index in [0.717, 1.165) is 4.68 Å². The molecular formula is C24H25F3N4O5. The smallest absolute Gasteiger partial charge is 0.410 e. The summed E-state index contributed by atoms with van der Waals surface area (Å²) in [5.74, 6) is 1.11. The fourth-order valence-electron chi connectivity index (χ4n) is 4.08. The molecule has 1 aromatic heterocycles. The molecule has 2 aromatic carbocycles. The first-order valence-electron chi connectivity index (χ1n) is 10.9. The number of ether oxygens (including phenoxy) is 4. The van der Waals surface area contributed by atoms with Crippen molar-refractivity contribution in [2.45, 2.75) is 24.7 Å². The van der Waals surface area contributed by atoms with E-state index < -0.39 is 24.2 Å². The van der Waals surface area contributed by atoms with Gasteiger partial charge in [-0.2, -0.15) is 18.3 Å². The van der Waals surface area contributed by atoms with Crippen LogP contribution in [0.4, 0.5) is 24.7 Å². The fraction of sp³-hybridized carbons (Fsp3) is 0.333. The SMILES string of the molecule is COc1ccc(NC(=O)c2cc3n(n2)[C@H](C(F)(F)F)C[C@H](c2ccc(OC)c(OC)c2)N3)cc1OC. The minimum absolute atomic E-state index is 0.0702. The summed E-state index contributed by atoms with van der Waals surface area (Å²) in [6.07, 6.45) is -4.92. The second-order valence-corrected chi connectivity index (χ2v) is 7.99. The first-order chi connectivity index (χ1) is 17.2. The van der Waals surface area contributed by atoms with Gasteiger partial charge in [0.1, 0.15) is 5.82 Å². The van der Waals surface area contributed by atoms with Crippen LogP contribution < -0.4 is 29.6 Å². The average Bonchev–Trinajstić information content (AvgIpc) is 3.31. The van der Waals surface area contributed by atoms with Gasteiger partial charge >= 0.3 is 6.18 Å². The van der Waals surface area contributed by atoms with Gasteiger partial charge in [-0.3, -0.25) is 4.79 Å². The van der Waals surface area contributed by atoms with Gasteiger partial charge in [0.25, 0.3) is 5.91 Å². The molecule has 4 rings (SSSR count). The van der Waals surface area contributed by atoms with E-state index in [0.29, 0.717) is 34.2 Å². The number of anilines is 2. The van der Waals surface area contributed by atoms with Crippen molar-refractivity contribution in [3.05, 3.63) is 53.7 Å². The van der Waals surface area contributed by atoms with Crippen molar-refractivity contribution in [2.75, 3.05) is 39.1 Å². The number of hydrogen-bond acceptors (Lipinski definition) is 7. The maximum absolute atomic E-state index is 14.0. The van der Waals surface area contributed by atoms with Crippen LogP contribution in [0.2, 0.25) is 0 Å². The van der Waals surface area contributed by atoms with Gasteiger partial charge in [0.05, 0.1) is 34.5 Å². The lowest BCUT2D eigenvalue weighted by Gasteiger charge is -2.33. The monoisotopic (exact) mass is 506 g/mol. The number of aromatic nitrogens is 2. The van der Waals surface area contributed by atoms with Crippen LogP contribution in [0.1, 0.15) is 34.6 Å². The zero-order valence-corrected chi connectivity index (χ0v) is 20.0. The van der Waals surface area contributed by atoms with E-state index in [1.54, 1.807) is 30.3 Å². The lowest BCUT2D eigenvalue weighted by atomic mass is 9.96. The number of nitrogens with one attached hydrogen (secondary N) is 2. The summed E-state index contributed by atoms with van der Waals surface area (Å²) in [5.41, 5.74) is 0.771. The van der Waals surface area contributed by atoms with Gasteiger partial charge in [-0.05, 0) is 29.8 Å². The largest absolute Gasteiger partial charge is 0.493 e. The number of halogens is 3. The van der Waals surface area contributed by atoms with Crippen LogP contribution in [0.25, 0.3) is 0 Å². The minimum Gasteiger partial charge on any atom is -0.493 e. The predicted molar refractivity (Wildman–Crippen MR) is 125 cm³/mol. The Morgan fingerprint density at radius 2 is 1.56 bits per heavy atom. The number of rotatable bonds is 7. The Morgan fingerprint density at radius 1 is 0.944 bits per heavy atom. The molecular weight excluding hydrogens is 481 g/mol. The second kappa shape index (κ2) is 9.88. The van der Waals surface area contributed by atoms with Gasteiger partial charge in [0.2, 0.25) is 0 Å². The van der Waals surface area contributed by atoms with E-state index in [4.69, 9.17) is 18.9 Å². The van der Waals surface area contributed by atoms with Crippen LogP contribution >= 0.6 is 0 Å². The summed E-state index contributed by atoms with van der Waals surface area (Å²) in [4.78, 5) is 12.8. The van der Waals surface area contributed by atoms with Gasteiger partial charge in [-0.25, -0.2) is 4.68 Å². The van der Waals surface area contributed by atoms with Gasteiger partial charge in [0.15, 0.2) is 34.7 Å². The van der Waals surface area contributed by atoms with Crippen LogP contribution in [0, 0.1) is 0 Å². The lowest BCUT2D eigenvalue weighted by molar-refractivity contribution is -0.173. The number of benzene rings is 2. The molecule has 2 atom stereocenters. The number of fused-ring (bicyclic) bond motifs is 1. The number of methoxy groups -OCH3 is 4. The van der Waals surface area contributed by atoms with Crippen molar-refractivity contribution in [1.82, 2.24) is 9.78 Å². The molecule has 1 aliphatic rings. The molecule has 192 valence electrons. The highest BCUT2D eigenvalue weighted by atomic mass is 19.4. The third-order valence-electron chi connectivity index (χ3n) is 5.87. The van der Waals surface area contributed by atoms with Gasteiger partial charge < -0.3 is 29.6 Å². The number of carbonyl (C=O) groups excluding carboxylic acids is 1. The van der Waals surface area contributed by atoms with Gasteiger partial charge in [-0.15, -0.1) is 0 Å². The Morgan fingerprint density at radius 3 is 2.17 bits per heavy atom. The van der Waals surface area contributed by atoms with E-state index in [1.165, 1.54) is 40.6 Å². The second-order valence-electron chi connectivity index (χ2n) is 7.99. The predicted octanol–water partition coefficient (Wildman–Crippen LogP) is 4.83. The number of hydrogen-bond donors (Lipinski definition) is 2. The number of nitrogens with zero attached hydrogens (tertiary/aromatic N) is 2. The number of alkyl halides is 3. The normalized spacial score (nSPS) is 17.0. The fourth-order valence-corrected chi connectivity index (χ4v) is 4.08. The Hall–Kier alpha value is -4.09. The molecule has 12 heteroatoms. The van der Waals surface area contributed by atoms with Crippen molar-refractivity contribution in [3.63, 3.8) is 0 Å². The molecule has 0 saturated heterocycles. The average molecular weight is 506 g/mol. The molecule has 36 heavy (non-hydrogen) atoms. The molecule has 0 radical (unpaired) electrons. The van der Waals surface area contributed by atoms with E-state index in [2.05, 4.69) is 15.7 Å². The van der Waals surface area contributed by atoms with Crippen molar-refractivity contribution in [3.8, 4) is 23.0 Å². The van der Waals surface area contributed by atoms with Crippen LogP contribution in [0.3, 0.4) is 0 Å². The molecule has 2 N–H and O–H groups in total. The van der Waals surface area contributed by atoms with E-state index in [-0.39, 0.29) is 17.9 Å². The maximum atomic E-state index is 14.0. The molecule has 2 heterocycles. The van der Waals surface area contributed by atoms with Crippen LogP contribution in [-0.2, 0) is 0 Å². The topological polar surface area (TPSA) is 95.9 Å². The highest BCUT2D eigenvalue weighted by Crippen LogP contribution is 2.44. The number of amides is 1. The van der Waals surface area contributed by atoms with Crippen molar-refractivity contribution in [1.29, 1.82) is 0 Å². The number of carbonyl (C=O) groups is 1. The van der Waals surface area contributed by atoms with Crippen molar-refractivity contribution in [2.24, 2.45) is 0 Å². The third kappa shape index (κ3) is 4.83. The zero-order valence-electron chi connectivity index (χ0n) is 20.0. The first kappa shape index (κ1) is 25.0. The lowest BCUT2D eigenvalue weighted by Crippen LogP contribution is -2.35. The summed E-state index contributed by atoms with van der Waals surface area (Å²) in [5, 5.41) is 9.67. The van der Waals surface area contributed by atoms with E-state index in [1.807, 2.05) is 0 Å². The summed E-state index contributed by atoms with van der Waals surface area (Å²) >= 11 is 0. The summed E-state index contributed by atoms with van der Waals surface area (Å²) in [7, 11) is 5.85. The Balaban J connectivity index is 1.63. The van der Waals surface area contributed by atoms with Crippen molar-refractivity contribution >= 4 is 17.4 Å². The standard InChI is InChI=1S/C24H25F3N4O5/c1-33-17-7-5-13(9-19(17)35-3)15-11-21(24(25,26)27)31-22(29-15)12-16(30-31)23(32)28-14-6-8-18(34-2)20(10-14)36-4/h5-10,12,15,21,29H,11H2,1-4H3,(H,28,32)/t15-,21+/m1/s1. The maximum Gasteiger partial charge on any atom is 0.410 e. The molecule has 0 spiro atoms. The summed E-state index contributed by atoms with van der Waals surface area (Å²) in [6.45, 7) is 0. The minimum atomic E-state index is -4.59. The molecule has 1 aliphatic heterocycles. The van der Waals surface area contributed by atoms with Gasteiger partial charge in [-0.1, -0.05) is 6.07 Å². The van der Waals surface area contributed by atoms with Crippen LogP contribution in [0.5, 0.6) is 23.0 Å². The van der Waals surface area contributed by atoms with E-state index in [9.17, 15) is 18.0 Å². The van der Waals surface area contributed by atoms with Crippen molar-refractivity contribution < 1.29 is 36.9 Å². The Kier molecular flexibility index (Phi) is 6.86. The Labute approximate surface area is 205 Å². The summed E-state index contributed by atoms with van der Waals surface area (Å²) in [6, 6.07) is 8.30. The molecule has 1 amide bonds. The highest BCUT2D eigenvalue weighted by molar-refractivity contribution is 6.03. The van der Waals surface area contributed by atoms with Crippen LogP contribution in [0.15, 0.2) is 42.5 Å². The van der Waals surface area contributed by atoms with E-state index >= 15 is 0 Å².